The van der Waals surface area contributed by atoms with E-state index < -0.39 is 0 Å². The summed E-state index contributed by atoms with van der Waals surface area (Å²) >= 11 is 0. The summed E-state index contributed by atoms with van der Waals surface area (Å²) in [7, 11) is 3.77. The van der Waals surface area contributed by atoms with Crippen molar-refractivity contribution in [2.75, 3.05) is 26.8 Å². The van der Waals surface area contributed by atoms with E-state index in [2.05, 4.69) is 14.9 Å². The highest BCUT2D eigenvalue weighted by Crippen LogP contribution is 2.00. The van der Waals surface area contributed by atoms with Crippen molar-refractivity contribution in [2.24, 2.45) is 7.05 Å². The van der Waals surface area contributed by atoms with Crippen LogP contribution in [-0.2, 0) is 18.2 Å². The number of ether oxygens (including phenoxy) is 1. The van der Waals surface area contributed by atoms with Gasteiger partial charge in [-0.25, -0.2) is 4.98 Å². The second-order valence-corrected chi connectivity index (χ2v) is 3.65. The monoisotopic (exact) mass is 211 g/mol. The van der Waals surface area contributed by atoms with Gasteiger partial charge in [-0.05, 0) is 19.4 Å². The van der Waals surface area contributed by atoms with E-state index >= 15 is 0 Å². The number of imidazole rings is 1. The average Bonchev–Trinajstić information content (AvgIpc) is 2.63. The first kappa shape index (κ1) is 12.2. The van der Waals surface area contributed by atoms with E-state index in [4.69, 9.17) is 4.74 Å². The van der Waals surface area contributed by atoms with Crippen LogP contribution in [0.15, 0.2) is 12.4 Å². The van der Waals surface area contributed by atoms with Gasteiger partial charge in [-0.3, -0.25) is 0 Å². The lowest BCUT2D eigenvalue weighted by molar-refractivity contribution is 0.199. The van der Waals surface area contributed by atoms with Crippen molar-refractivity contribution in [1.29, 1.82) is 0 Å². The van der Waals surface area contributed by atoms with Crippen LogP contribution in [0.25, 0.3) is 0 Å². The predicted molar refractivity (Wildman–Crippen MR) is 60.9 cm³/mol. The van der Waals surface area contributed by atoms with Crippen LogP contribution in [0.5, 0.6) is 0 Å². The summed E-state index contributed by atoms with van der Waals surface area (Å²) in [5.41, 5.74) is 0. The van der Waals surface area contributed by atoms with Crippen LogP contribution in [0.3, 0.4) is 0 Å². The SMILES string of the molecule is COCCNCCCCc1nccn1C. The van der Waals surface area contributed by atoms with Crippen molar-refractivity contribution in [3.63, 3.8) is 0 Å². The van der Waals surface area contributed by atoms with Crippen molar-refractivity contribution in [3.8, 4) is 0 Å². The Balaban J connectivity index is 1.96. The smallest absolute Gasteiger partial charge is 0.108 e. The van der Waals surface area contributed by atoms with Gasteiger partial charge in [-0.15, -0.1) is 0 Å². The lowest BCUT2D eigenvalue weighted by atomic mass is 10.2. The molecule has 0 spiro atoms. The highest BCUT2D eigenvalue weighted by molar-refractivity contribution is 4.90. The summed E-state index contributed by atoms with van der Waals surface area (Å²) in [4.78, 5) is 4.29. The third-order valence-electron chi connectivity index (χ3n) is 2.41. The van der Waals surface area contributed by atoms with Gasteiger partial charge in [0.25, 0.3) is 0 Å². The summed E-state index contributed by atoms with van der Waals surface area (Å²) in [5.74, 6) is 1.17. The first-order valence-corrected chi connectivity index (χ1v) is 5.50. The Morgan fingerprint density at radius 2 is 2.27 bits per heavy atom. The molecule has 0 aliphatic carbocycles. The molecule has 1 rings (SSSR count). The molecule has 1 aromatic rings. The molecule has 0 aromatic carbocycles. The Labute approximate surface area is 91.7 Å². The molecule has 1 heterocycles. The Morgan fingerprint density at radius 3 is 2.93 bits per heavy atom. The second-order valence-electron chi connectivity index (χ2n) is 3.65. The van der Waals surface area contributed by atoms with Gasteiger partial charge in [0, 0.05) is 39.5 Å². The van der Waals surface area contributed by atoms with Gasteiger partial charge < -0.3 is 14.6 Å². The molecule has 0 atom stereocenters. The molecule has 1 N–H and O–H groups in total. The number of aromatic nitrogens is 2. The first-order chi connectivity index (χ1) is 7.34. The van der Waals surface area contributed by atoms with E-state index in [-0.39, 0.29) is 0 Å². The molecule has 0 fully saturated rings. The van der Waals surface area contributed by atoms with Crippen LogP contribution in [0, 0.1) is 0 Å². The van der Waals surface area contributed by atoms with Crippen molar-refractivity contribution >= 4 is 0 Å². The molecular weight excluding hydrogens is 190 g/mol. The third-order valence-corrected chi connectivity index (χ3v) is 2.41. The van der Waals surface area contributed by atoms with Gasteiger partial charge in [-0.2, -0.15) is 0 Å². The van der Waals surface area contributed by atoms with Crippen LogP contribution in [-0.4, -0.2) is 36.4 Å². The van der Waals surface area contributed by atoms with Crippen LogP contribution >= 0.6 is 0 Å². The predicted octanol–water partition coefficient (Wildman–Crippen LogP) is 0.979. The molecule has 0 bridgehead atoms. The fourth-order valence-electron chi connectivity index (χ4n) is 1.47. The quantitative estimate of drug-likeness (QED) is 0.651. The molecule has 0 amide bonds. The van der Waals surface area contributed by atoms with E-state index in [0.717, 1.165) is 26.1 Å². The number of nitrogens with zero attached hydrogens (tertiary/aromatic N) is 2. The molecule has 0 saturated carbocycles. The zero-order valence-corrected chi connectivity index (χ0v) is 9.70. The second kappa shape index (κ2) is 7.43. The van der Waals surface area contributed by atoms with Gasteiger partial charge in [-0.1, -0.05) is 0 Å². The maximum absolute atomic E-state index is 4.95. The molecule has 4 heteroatoms. The van der Waals surface area contributed by atoms with Gasteiger partial charge in [0.1, 0.15) is 5.82 Å². The van der Waals surface area contributed by atoms with Gasteiger partial charge in [0.05, 0.1) is 6.61 Å². The molecule has 0 radical (unpaired) electrons. The van der Waals surface area contributed by atoms with Crippen molar-refractivity contribution in [1.82, 2.24) is 14.9 Å². The summed E-state index contributed by atoms with van der Waals surface area (Å²) in [5, 5.41) is 3.33. The highest BCUT2D eigenvalue weighted by Gasteiger charge is 1.97. The summed E-state index contributed by atoms with van der Waals surface area (Å²) in [6.07, 6.45) is 7.29. The standard InChI is InChI=1S/C11H21N3O/c1-14-9-7-13-11(14)5-3-4-6-12-8-10-15-2/h7,9,12H,3-6,8,10H2,1-2H3. The first-order valence-electron chi connectivity index (χ1n) is 5.50. The minimum Gasteiger partial charge on any atom is -0.383 e. The number of hydrogen-bond acceptors (Lipinski definition) is 3. The van der Waals surface area contributed by atoms with E-state index in [1.807, 2.05) is 19.4 Å². The number of aryl methyl sites for hydroxylation is 2. The minimum absolute atomic E-state index is 0.791. The van der Waals surface area contributed by atoms with Gasteiger partial charge in [0.2, 0.25) is 0 Å². The molecular formula is C11H21N3O. The topological polar surface area (TPSA) is 39.1 Å². The Kier molecular flexibility index (Phi) is 6.04. The molecule has 86 valence electrons. The van der Waals surface area contributed by atoms with Crippen LogP contribution in [0.4, 0.5) is 0 Å². The summed E-state index contributed by atoms with van der Waals surface area (Å²) in [6.45, 7) is 2.80. The van der Waals surface area contributed by atoms with Crippen LogP contribution in [0.1, 0.15) is 18.7 Å². The van der Waals surface area contributed by atoms with Crippen molar-refractivity contribution in [3.05, 3.63) is 18.2 Å². The zero-order chi connectivity index (χ0) is 10.9. The molecule has 0 saturated heterocycles. The Bertz CT molecular complexity index is 260. The maximum atomic E-state index is 4.95. The molecule has 0 aliphatic heterocycles. The average molecular weight is 211 g/mol. The highest BCUT2D eigenvalue weighted by atomic mass is 16.5. The molecule has 0 unspecified atom stereocenters. The maximum Gasteiger partial charge on any atom is 0.108 e. The number of rotatable bonds is 8. The summed E-state index contributed by atoms with van der Waals surface area (Å²) in [6, 6.07) is 0. The Morgan fingerprint density at radius 1 is 1.40 bits per heavy atom. The number of hydrogen-bond donors (Lipinski definition) is 1. The fourth-order valence-corrected chi connectivity index (χ4v) is 1.47. The van der Waals surface area contributed by atoms with Crippen LogP contribution in [0.2, 0.25) is 0 Å². The molecule has 1 aromatic heterocycles. The molecule has 4 nitrogen and oxygen atoms in total. The molecule has 0 aliphatic rings. The van der Waals surface area contributed by atoms with Crippen molar-refractivity contribution < 1.29 is 4.74 Å². The lowest BCUT2D eigenvalue weighted by Crippen LogP contribution is -2.20. The van der Waals surface area contributed by atoms with Crippen molar-refractivity contribution in [2.45, 2.75) is 19.3 Å². The third kappa shape index (κ3) is 4.95. The number of methoxy groups -OCH3 is 1. The lowest BCUT2D eigenvalue weighted by Gasteiger charge is -2.04. The van der Waals surface area contributed by atoms with E-state index in [9.17, 15) is 0 Å². The fraction of sp³-hybridized carbons (Fsp3) is 0.727. The van der Waals surface area contributed by atoms with Crippen LogP contribution < -0.4 is 5.32 Å². The Hall–Kier alpha value is -0.870. The van der Waals surface area contributed by atoms with E-state index in [1.165, 1.54) is 18.7 Å². The molecule has 15 heavy (non-hydrogen) atoms. The van der Waals surface area contributed by atoms with Gasteiger partial charge >= 0.3 is 0 Å². The normalized spacial score (nSPS) is 10.8. The van der Waals surface area contributed by atoms with E-state index in [0.29, 0.717) is 0 Å². The largest absolute Gasteiger partial charge is 0.383 e. The number of unbranched alkanes of at least 4 members (excludes halogenated alkanes) is 1. The zero-order valence-electron chi connectivity index (χ0n) is 9.70. The van der Waals surface area contributed by atoms with Gasteiger partial charge in [0.15, 0.2) is 0 Å². The summed E-state index contributed by atoms with van der Waals surface area (Å²) < 4.78 is 7.03. The van der Waals surface area contributed by atoms with E-state index in [1.54, 1.807) is 7.11 Å². The number of nitrogens with one attached hydrogen (secondary N) is 1. The minimum atomic E-state index is 0.791.